The van der Waals surface area contributed by atoms with Crippen LogP contribution in [0.3, 0.4) is 0 Å². The van der Waals surface area contributed by atoms with E-state index in [2.05, 4.69) is 20.8 Å². The number of amides is 3. The van der Waals surface area contributed by atoms with Gasteiger partial charge in [0.1, 0.15) is 5.76 Å². The third kappa shape index (κ3) is 4.95. The summed E-state index contributed by atoms with van der Waals surface area (Å²) in [6, 6.07) is 7.98. The number of carbonyl (C=O) groups is 3. The lowest BCUT2D eigenvalue weighted by atomic mass is 10.2. The molecule has 3 heterocycles. The molecule has 3 amide bonds. The maximum Gasteiger partial charge on any atom is 0.279 e. The second-order valence-electron chi connectivity index (χ2n) is 7.12. The van der Waals surface area contributed by atoms with Crippen molar-refractivity contribution in [1.29, 1.82) is 0 Å². The van der Waals surface area contributed by atoms with Crippen molar-refractivity contribution >= 4 is 39.9 Å². The molecular formula is C20H20N6O4S. The number of anilines is 2. The van der Waals surface area contributed by atoms with Crippen LogP contribution >= 0.6 is 11.3 Å². The number of thiazole rings is 1. The normalized spacial score (nSPS) is 13.5. The predicted octanol–water partition coefficient (Wildman–Crippen LogP) is 1.79. The van der Waals surface area contributed by atoms with Gasteiger partial charge in [-0.05, 0) is 31.2 Å². The van der Waals surface area contributed by atoms with E-state index in [9.17, 15) is 14.4 Å². The molecule has 0 bridgehead atoms. The Bertz CT molecular complexity index is 1140. The van der Waals surface area contributed by atoms with Gasteiger partial charge in [0.25, 0.3) is 5.91 Å². The minimum Gasteiger partial charge on any atom is -0.366 e. The molecule has 2 aromatic heterocycles. The molecule has 160 valence electrons. The van der Waals surface area contributed by atoms with Crippen LogP contribution in [0.5, 0.6) is 0 Å². The number of nitrogens with two attached hydrogens (primary N) is 1. The van der Waals surface area contributed by atoms with Crippen LogP contribution in [0.4, 0.5) is 10.8 Å². The lowest BCUT2D eigenvalue weighted by Crippen LogP contribution is -2.36. The topological polar surface area (TPSA) is 143 Å². The highest BCUT2D eigenvalue weighted by Gasteiger charge is 2.23. The monoisotopic (exact) mass is 440 g/mol. The highest BCUT2D eigenvalue weighted by atomic mass is 32.1. The molecule has 4 rings (SSSR count). The molecule has 0 radical (unpaired) electrons. The molecule has 0 atom stereocenters. The number of aryl methyl sites for hydroxylation is 1. The first-order valence-corrected chi connectivity index (χ1v) is 10.3. The minimum absolute atomic E-state index is 0.158. The van der Waals surface area contributed by atoms with E-state index in [4.69, 9.17) is 10.3 Å². The van der Waals surface area contributed by atoms with Crippen LogP contribution in [0, 0.1) is 6.92 Å². The van der Waals surface area contributed by atoms with E-state index in [0.29, 0.717) is 41.7 Å². The number of primary amides is 1. The standard InChI is InChI=1S/C20H20N6O4S/c1-11-8-15(25-30-11)19(29)24-20-23-14-6-7-26(9-16(14)31-20)10-17(27)22-13-4-2-12(3-5-13)18(21)28/h2-5,8H,6-7,9-10H2,1H3,(H2,21,28)(H,22,27)(H,23,24,29). The summed E-state index contributed by atoms with van der Waals surface area (Å²) in [5.74, 6) is -0.490. The van der Waals surface area contributed by atoms with Gasteiger partial charge in [0.15, 0.2) is 10.8 Å². The summed E-state index contributed by atoms with van der Waals surface area (Å²) in [5.41, 5.74) is 7.33. The van der Waals surface area contributed by atoms with E-state index < -0.39 is 5.91 Å². The van der Waals surface area contributed by atoms with Crippen molar-refractivity contribution in [2.75, 3.05) is 23.7 Å². The lowest BCUT2D eigenvalue weighted by molar-refractivity contribution is -0.117. The van der Waals surface area contributed by atoms with Gasteiger partial charge in [0.05, 0.1) is 12.2 Å². The summed E-state index contributed by atoms with van der Waals surface area (Å²) < 4.78 is 4.92. The predicted molar refractivity (Wildman–Crippen MR) is 114 cm³/mol. The van der Waals surface area contributed by atoms with E-state index >= 15 is 0 Å². The number of carbonyl (C=O) groups excluding carboxylic acids is 3. The molecule has 0 saturated heterocycles. The molecule has 0 saturated carbocycles. The largest absolute Gasteiger partial charge is 0.366 e. The molecule has 1 aliphatic heterocycles. The molecule has 3 aromatic rings. The summed E-state index contributed by atoms with van der Waals surface area (Å²) in [6.07, 6.45) is 0.686. The Labute approximate surface area is 181 Å². The fourth-order valence-corrected chi connectivity index (χ4v) is 4.24. The third-order valence-electron chi connectivity index (χ3n) is 4.71. The van der Waals surface area contributed by atoms with Crippen molar-refractivity contribution < 1.29 is 18.9 Å². The van der Waals surface area contributed by atoms with Gasteiger partial charge in [-0.25, -0.2) is 4.98 Å². The molecule has 4 N–H and O–H groups in total. The average molecular weight is 440 g/mol. The van der Waals surface area contributed by atoms with Crippen LogP contribution in [0.1, 0.15) is 37.2 Å². The maximum absolute atomic E-state index is 12.4. The van der Waals surface area contributed by atoms with Crippen LogP contribution in [-0.4, -0.2) is 45.9 Å². The Morgan fingerprint density at radius 1 is 1.23 bits per heavy atom. The number of aromatic nitrogens is 2. The maximum atomic E-state index is 12.4. The number of nitrogens with one attached hydrogen (secondary N) is 2. The SMILES string of the molecule is Cc1cc(C(=O)Nc2nc3c(s2)CN(CC(=O)Nc2ccc(C(N)=O)cc2)CC3)no1. The number of hydrogen-bond donors (Lipinski definition) is 3. The van der Waals surface area contributed by atoms with Gasteiger partial charge < -0.3 is 15.6 Å². The van der Waals surface area contributed by atoms with Gasteiger partial charge in [-0.3, -0.25) is 24.6 Å². The Kier molecular flexibility index (Phi) is 5.78. The Balaban J connectivity index is 1.32. The quantitative estimate of drug-likeness (QED) is 0.530. The molecule has 10 nitrogen and oxygen atoms in total. The van der Waals surface area contributed by atoms with E-state index in [1.807, 2.05) is 4.90 Å². The zero-order valence-corrected chi connectivity index (χ0v) is 17.5. The molecule has 0 fully saturated rings. The number of rotatable bonds is 6. The fraction of sp³-hybridized carbons (Fsp3) is 0.250. The second-order valence-corrected chi connectivity index (χ2v) is 8.20. The highest BCUT2D eigenvalue weighted by Crippen LogP contribution is 2.28. The van der Waals surface area contributed by atoms with Gasteiger partial charge in [-0.2, -0.15) is 0 Å². The van der Waals surface area contributed by atoms with Crippen molar-refractivity contribution in [3.05, 3.63) is 57.9 Å². The Morgan fingerprint density at radius 2 is 2.00 bits per heavy atom. The van der Waals surface area contributed by atoms with Crippen molar-refractivity contribution in [2.45, 2.75) is 19.9 Å². The van der Waals surface area contributed by atoms with E-state index in [1.165, 1.54) is 11.3 Å². The summed E-state index contributed by atoms with van der Waals surface area (Å²) >= 11 is 1.39. The molecule has 0 aliphatic carbocycles. The van der Waals surface area contributed by atoms with Gasteiger partial charge in [-0.15, -0.1) is 11.3 Å². The molecule has 31 heavy (non-hydrogen) atoms. The van der Waals surface area contributed by atoms with Gasteiger partial charge >= 0.3 is 0 Å². The number of benzene rings is 1. The van der Waals surface area contributed by atoms with Crippen molar-refractivity contribution in [3.8, 4) is 0 Å². The van der Waals surface area contributed by atoms with Crippen LogP contribution in [0.2, 0.25) is 0 Å². The van der Waals surface area contributed by atoms with Crippen LogP contribution < -0.4 is 16.4 Å². The number of hydrogen-bond acceptors (Lipinski definition) is 8. The molecule has 0 spiro atoms. The zero-order valence-electron chi connectivity index (χ0n) is 16.7. The van der Waals surface area contributed by atoms with Crippen molar-refractivity contribution in [1.82, 2.24) is 15.0 Å². The van der Waals surface area contributed by atoms with Gasteiger partial charge in [-0.1, -0.05) is 5.16 Å². The van der Waals surface area contributed by atoms with Crippen molar-refractivity contribution in [3.63, 3.8) is 0 Å². The Hall–Kier alpha value is -3.57. The third-order valence-corrected chi connectivity index (χ3v) is 5.71. The lowest BCUT2D eigenvalue weighted by Gasteiger charge is -2.25. The summed E-state index contributed by atoms with van der Waals surface area (Å²) in [5, 5.41) is 9.76. The average Bonchev–Trinajstić information content (AvgIpc) is 3.33. The highest BCUT2D eigenvalue weighted by molar-refractivity contribution is 7.15. The van der Waals surface area contributed by atoms with E-state index in [-0.39, 0.29) is 24.1 Å². The molecule has 1 aliphatic rings. The molecule has 1 aromatic carbocycles. The summed E-state index contributed by atoms with van der Waals surface area (Å²) in [4.78, 5) is 43.3. The summed E-state index contributed by atoms with van der Waals surface area (Å²) in [7, 11) is 0. The zero-order chi connectivity index (χ0) is 22.0. The number of fused-ring (bicyclic) bond motifs is 1. The van der Waals surface area contributed by atoms with E-state index in [1.54, 1.807) is 37.3 Å². The summed E-state index contributed by atoms with van der Waals surface area (Å²) in [6.45, 7) is 3.18. The molecule has 0 unspecified atom stereocenters. The Morgan fingerprint density at radius 3 is 2.68 bits per heavy atom. The molecule has 11 heteroatoms. The fourth-order valence-electron chi connectivity index (χ4n) is 3.19. The minimum atomic E-state index is -0.516. The van der Waals surface area contributed by atoms with Crippen molar-refractivity contribution in [2.24, 2.45) is 5.73 Å². The number of nitrogens with zero attached hydrogens (tertiary/aromatic N) is 3. The first-order valence-electron chi connectivity index (χ1n) is 9.52. The smallest absolute Gasteiger partial charge is 0.279 e. The first-order chi connectivity index (χ1) is 14.9. The van der Waals surface area contributed by atoms with E-state index in [0.717, 1.165) is 10.6 Å². The van der Waals surface area contributed by atoms with Crippen LogP contribution in [-0.2, 0) is 17.8 Å². The second kappa shape index (κ2) is 8.66. The van der Waals surface area contributed by atoms with Gasteiger partial charge in [0.2, 0.25) is 11.8 Å². The van der Waals surface area contributed by atoms with Gasteiger partial charge in [0, 0.05) is 41.7 Å². The van der Waals surface area contributed by atoms with Crippen LogP contribution in [0.25, 0.3) is 0 Å². The first kappa shape index (κ1) is 20.7. The van der Waals surface area contributed by atoms with Crippen LogP contribution in [0.15, 0.2) is 34.9 Å². The molecular weight excluding hydrogens is 420 g/mol.